The molecule has 2 nitrogen and oxygen atoms in total. The van der Waals surface area contributed by atoms with E-state index in [1.54, 1.807) is 0 Å². The van der Waals surface area contributed by atoms with Crippen LogP contribution in [-0.4, -0.2) is 9.55 Å². The maximum absolute atomic E-state index is 5.05. The molecule has 258 valence electrons. The van der Waals surface area contributed by atoms with E-state index in [0.29, 0.717) is 0 Å². The second-order valence-electron chi connectivity index (χ2n) is 14.5. The van der Waals surface area contributed by atoms with E-state index < -0.39 is 0 Å². The summed E-state index contributed by atoms with van der Waals surface area (Å²) in [5.74, 6) is 1.07. The van der Waals surface area contributed by atoms with Crippen molar-refractivity contribution in [3.8, 4) is 39.1 Å². The summed E-state index contributed by atoms with van der Waals surface area (Å²) in [7, 11) is 0. The first-order valence-electron chi connectivity index (χ1n) is 19.2. The first kappa shape index (κ1) is 31.5. The highest BCUT2D eigenvalue weighted by molar-refractivity contribution is 6.25. The summed E-state index contributed by atoms with van der Waals surface area (Å²) in [4.78, 5) is 5.05. The molecular formula is C53H36N2. The maximum Gasteiger partial charge on any atom is 0.114 e. The van der Waals surface area contributed by atoms with Gasteiger partial charge in [0.15, 0.2) is 0 Å². The minimum Gasteiger partial charge on any atom is -0.296 e. The van der Waals surface area contributed by atoms with E-state index in [-0.39, 0.29) is 0 Å². The molecule has 1 aromatic heterocycles. The van der Waals surface area contributed by atoms with Crippen molar-refractivity contribution < 1.29 is 0 Å². The SMILES string of the molecule is CCc1nc2ccccc2n1-c1ccc(-c2c3ccccc3c(-c3ccc4c(ccc5ccccc54)c3)c3cc(-c4ccccc4)ccc23)c2ccccc12. The number of para-hydroxylation sites is 2. The standard InChI is InChI=1S/C53H36N2/c1-2-51-54-48-22-12-13-23-50(48)55(51)49-31-30-45(41-18-8-9-19-42(41)49)53-44-21-11-10-20-43(44)52(47-33-36(26-29-46(47)53)34-14-4-3-5-15-34)38-27-28-40-37(32-38)25-24-35-16-6-7-17-39(35)40/h3-33H,2H2,1H3. The number of hydrogen-bond donors (Lipinski definition) is 0. The molecule has 0 aliphatic carbocycles. The topological polar surface area (TPSA) is 17.8 Å². The van der Waals surface area contributed by atoms with Crippen LogP contribution >= 0.6 is 0 Å². The molecule has 2 heteroatoms. The zero-order chi connectivity index (χ0) is 36.5. The fourth-order valence-corrected chi connectivity index (χ4v) is 9.04. The van der Waals surface area contributed by atoms with Crippen LogP contribution in [0.5, 0.6) is 0 Å². The minimum atomic E-state index is 0.843. The van der Waals surface area contributed by atoms with Gasteiger partial charge in [0.25, 0.3) is 0 Å². The van der Waals surface area contributed by atoms with Gasteiger partial charge in [0, 0.05) is 11.8 Å². The molecule has 0 radical (unpaired) electrons. The summed E-state index contributed by atoms with van der Waals surface area (Å²) in [5, 5.41) is 12.5. The second-order valence-corrected chi connectivity index (χ2v) is 14.5. The lowest BCUT2D eigenvalue weighted by molar-refractivity contribution is 0.913. The molecule has 0 unspecified atom stereocenters. The monoisotopic (exact) mass is 700 g/mol. The van der Waals surface area contributed by atoms with E-state index in [2.05, 4.69) is 200 Å². The highest BCUT2D eigenvalue weighted by atomic mass is 15.1. The van der Waals surface area contributed by atoms with Crippen molar-refractivity contribution in [3.05, 3.63) is 194 Å². The Labute approximate surface area is 319 Å². The Kier molecular flexibility index (Phi) is 7.18. The van der Waals surface area contributed by atoms with Gasteiger partial charge in [-0.05, 0) is 112 Å². The Morgan fingerprint density at radius 2 is 1.02 bits per heavy atom. The van der Waals surface area contributed by atoms with Crippen molar-refractivity contribution >= 4 is 64.9 Å². The Bertz CT molecular complexity index is 3300. The van der Waals surface area contributed by atoms with Crippen LogP contribution in [0, 0.1) is 0 Å². The van der Waals surface area contributed by atoms with Gasteiger partial charge in [0.1, 0.15) is 5.82 Å². The van der Waals surface area contributed by atoms with Crippen LogP contribution in [0.25, 0.3) is 104 Å². The van der Waals surface area contributed by atoms with Gasteiger partial charge >= 0.3 is 0 Å². The summed E-state index contributed by atoms with van der Waals surface area (Å²) in [6.45, 7) is 2.19. The number of hydrogen-bond acceptors (Lipinski definition) is 1. The van der Waals surface area contributed by atoms with E-state index in [1.807, 2.05) is 0 Å². The van der Waals surface area contributed by atoms with Crippen LogP contribution < -0.4 is 0 Å². The first-order chi connectivity index (χ1) is 27.2. The normalized spacial score (nSPS) is 11.8. The van der Waals surface area contributed by atoms with Crippen LogP contribution in [0.1, 0.15) is 12.7 Å². The molecule has 0 atom stereocenters. The van der Waals surface area contributed by atoms with Crippen molar-refractivity contribution in [1.29, 1.82) is 0 Å². The van der Waals surface area contributed by atoms with Crippen LogP contribution in [0.4, 0.5) is 0 Å². The highest BCUT2D eigenvalue weighted by Crippen LogP contribution is 2.47. The third kappa shape index (κ3) is 4.92. The van der Waals surface area contributed by atoms with E-state index in [1.165, 1.54) is 87.2 Å². The summed E-state index contributed by atoms with van der Waals surface area (Å²) >= 11 is 0. The van der Waals surface area contributed by atoms with Gasteiger partial charge in [-0.25, -0.2) is 4.98 Å². The van der Waals surface area contributed by atoms with Crippen LogP contribution in [0.3, 0.4) is 0 Å². The molecule has 0 N–H and O–H groups in total. The van der Waals surface area contributed by atoms with Crippen LogP contribution in [0.2, 0.25) is 0 Å². The molecule has 55 heavy (non-hydrogen) atoms. The number of imidazole rings is 1. The molecule has 11 aromatic rings. The first-order valence-corrected chi connectivity index (χ1v) is 19.2. The molecule has 10 aromatic carbocycles. The molecule has 1 heterocycles. The Hall–Kier alpha value is -7.03. The average molecular weight is 701 g/mol. The average Bonchev–Trinajstić information content (AvgIpc) is 3.64. The molecule has 0 saturated carbocycles. The molecular weight excluding hydrogens is 665 g/mol. The van der Waals surface area contributed by atoms with E-state index >= 15 is 0 Å². The maximum atomic E-state index is 5.05. The van der Waals surface area contributed by atoms with Gasteiger partial charge < -0.3 is 0 Å². The predicted molar refractivity (Wildman–Crippen MR) is 234 cm³/mol. The van der Waals surface area contributed by atoms with Crippen molar-refractivity contribution in [3.63, 3.8) is 0 Å². The van der Waals surface area contributed by atoms with Crippen molar-refractivity contribution in [2.75, 3.05) is 0 Å². The lowest BCUT2D eigenvalue weighted by atomic mass is 9.83. The van der Waals surface area contributed by atoms with Crippen LogP contribution in [0.15, 0.2) is 188 Å². The third-order valence-electron chi connectivity index (χ3n) is 11.5. The smallest absolute Gasteiger partial charge is 0.114 e. The van der Waals surface area contributed by atoms with Crippen LogP contribution in [-0.2, 0) is 6.42 Å². The van der Waals surface area contributed by atoms with E-state index in [4.69, 9.17) is 4.98 Å². The number of rotatable bonds is 5. The molecule has 0 saturated heterocycles. The highest BCUT2D eigenvalue weighted by Gasteiger charge is 2.21. The summed E-state index contributed by atoms with van der Waals surface area (Å²) in [6, 6.07) is 69.1. The number of nitrogens with zero attached hydrogens (tertiary/aromatic N) is 2. The summed E-state index contributed by atoms with van der Waals surface area (Å²) < 4.78 is 2.36. The lowest BCUT2D eigenvalue weighted by Gasteiger charge is -2.21. The van der Waals surface area contributed by atoms with Gasteiger partial charge in [0.2, 0.25) is 0 Å². The zero-order valence-corrected chi connectivity index (χ0v) is 30.5. The van der Waals surface area contributed by atoms with E-state index in [0.717, 1.165) is 29.0 Å². The largest absolute Gasteiger partial charge is 0.296 e. The van der Waals surface area contributed by atoms with Crippen molar-refractivity contribution in [2.45, 2.75) is 13.3 Å². The summed E-state index contributed by atoms with van der Waals surface area (Å²) in [5.41, 5.74) is 10.7. The molecule has 0 amide bonds. The third-order valence-corrected chi connectivity index (χ3v) is 11.5. The fourth-order valence-electron chi connectivity index (χ4n) is 9.04. The molecule has 0 aliphatic rings. The quantitative estimate of drug-likeness (QED) is 0.129. The number of aryl methyl sites for hydroxylation is 1. The fraction of sp³-hybridized carbons (Fsp3) is 0.0377. The molecule has 0 spiro atoms. The van der Waals surface area contributed by atoms with Gasteiger partial charge in [-0.1, -0.05) is 165 Å². The second kappa shape index (κ2) is 12.5. The number of benzene rings is 10. The van der Waals surface area contributed by atoms with Gasteiger partial charge in [-0.2, -0.15) is 0 Å². The van der Waals surface area contributed by atoms with Crippen molar-refractivity contribution in [2.24, 2.45) is 0 Å². The molecule has 11 rings (SSSR count). The van der Waals surface area contributed by atoms with Gasteiger partial charge in [-0.3, -0.25) is 4.57 Å². The molecule has 0 fully saturated rings. The Balaban J connectivity index is 1.23. The molecule has 0 aliphatic heterocycles. The summed E-state index contributed by atoms with van der Waals surface area (Å²) in [6.07, 6.45) is 0.843. The lowest BCUT2D eigenvalue weighted by Crippen LogP contribution is -2.01. The molecule has 0 bridgehead atoms. The zero-order valence-electron chi connectivity index (χ0n) is 30.5. The predicted octanol–water partition coefficient (Wildman–Crippen LogP) is 14.4. The van der Waals surface area contributed by atoms with Gasteiger partial charge in [-0.15, -0.1) is 0 Å². The minimum absolute atomic E-state index is 0.843. The number of fused-ring (bicyclic) bond motifs is 7. The Morgan fingerprint density at radius 3 is 1.85 bits per heavy atom. The number of aromatic nitrogens is 2. The van der Waals surface area contributed by atoms with Crippen molar-refractivity contribution in [1.82, 2.24) is 9.55 Å². The van der Waals surface area contributed by atoms with Gasteiger partial charge in [0.05, 0.1) is 16.7 Å². The Morgan fingerprint density at radius 1 is 0.400 bits per heavy atom. The van der Waals surface area contributed by atoms with E-state index in [9.17, 15) is 0 Å².